The quantitative estimate of drug-likeness (QED) is 0.830. The number of carbonyl (C=O) groups is 1. The van der Waals surface area contributed by atoms with Gasteiger partial charge in [-0.2, -0.15) is 0 Å². The third kappa shape index (κ3) is 3.84. The fraction of sp³-hybridized carbons (Fsp3) is 0.267. The van der Waals surface area contributed by atoms with Crippen LogP contribution in [0.1, 0.15) is 22.2 Å². The first-order valence-electron chi connectivity index (χ1n) is 6.32. The largest absolute Gasteiger partial charge is 0.384 e. The topological polar surface area (TPSA) is 49.3 Å². The Morgan fingerprint density at radius 3 is 2.67 bits per heavy atom. The van der Waals surface area contributed by atoms with Gasteiger partial charge in [0.1, 0.15) is 16.3 Å². The summed E-state index contributed by atoms with van der Waals surface area (Å²) in [7, 11) is 0. The van der Waals surface area contributed by atoms with Gasteiger partial charge < -0.3 is 10.4 Å². The Labute approximate surface area is 131 Å². The molecule has 1 aromatic carbocycles. The average molecular weight is 325 g/mol. The predicted molar refractivity (Wildman–Crippen MR) is 84.4 cm³/mol. The van der Waals surface area contributed by atoms with Crippen LogP contribution in [0.25, 0.3) is 0 Å². The number of hydrogen-bond acceptors (Lipinski definition) is 4. The highest BCUT2D eigenvalue weighted by atomic mass is 32.2. The van der Waals surface area contributed by atoms with E-state index < -0.39 is 5.60 Å². The summed E-state index contributed by atoms with van der Waals surface area (Å²) in [5.74, 6) is -0.571. The van der Waals surface area contributed by atoms with E-state index in [0.717, 1.165) is 4.90 Å². The molecule has 21 heavy (non-hydrogen) atoms. The van der Waals surface area contributed by atoms with E-state index in [1.807, 2.05) is 17.7 Å². The Morgan fingerprint density at radius 2 is 2.05 bits per heavy atom. The van der Waals surface area contributed by atoms with Gasteiger partial charge in [-0.15, -0.1) is 23.1 Å². The minimum Gasteiger partial charge on any atom is -0.384 e. The minimum atomic E-state index is -1.25. The van der Waals surface area contributed by atoms with Crippen LogP contribution in [0.5, 0.6) is 0 Å². The molecule has 0 saturated heterocycles. The molecule has 3 nitrogen and oxygen atoms in total. The van der Waals surface area contributed by atoms with Crippen LogP contribution < -0.4 is 5.32 Å². The molecule has 0 fully saturated rings. The number of halogens is 1. The van der Waals surface area contributed by atoms with E-state index in [-0.39, 0.29) is 18.3 Å². The average Bonchev–Trinajstić information content (AvgIpc) is 2.94. The molecule has 1 heterocycles. The molecule has 1 unspecified atom stereocenters. The number of amides is 1. The zero-order valence-electron chi connectivity index (χ0n) is 11.7. The lowest BCUT2D eigenvalue weighted by Gasteiger charge is -2.24. The Bertz CT molecular complexity index is 623. The zero-order chi connectivity index (χ0) is 15.5. The number of nitrogens with one attached hydrogen (secondary N) is 1. The number of thioether (sulfide) groups is 1. The van der Waals surface area contributed by atoms with Crippen LogP contribution in [-0.2, 0) is 5.60 Å². The molecule has 2 N–H and O–H groups in total. The first kappa shape index (κ1) is 16.0. The summed E-state index contributed by atoms with van der Waals surface area (Å²) in [6, 6.07) is 7.50. The molecule has 1 atom stereocenters. The van der Waals surface area contributed by atoms with Crippen molar-refractivity contribution >= 4 is 29.0 Å². The van der Waals surface area contributed by atoms with Crippen LogP contribution in [0.15, 0.2) is 40.6 Å². The van der Waals surface area contributed by atoms with Crippen molar-refractivity contribution in [2.24, 2.45) is 0 Å². The van der Waals surface area contributed by atoms with Crippen molar-refractivity contribution < 1.29 is 14.3 Å². The van der Waals surface area contributed by atoms with Crippen molar-refractivity contribution in [2.75, 3.05) is 12.8 Å². The Morgan fingerprint density at radius 1 is 1.38 bits per heavy atom. The number of thiophene rings is 1. The van der Waals surface area contributed by atoms with Crippen LogP contribution in [0, 0.1) is 5.82 Å². The monoisotopic (exact) mass is 325 g/mol. The maximum absolute atomic E-state index is 12.9. The van der Waals surface area contributed by atoms with Crippen molar-refractivity contribution in [3.63, 3.8) is 0 Å². The molecule has 0 aliphatic carbocycles. The second-order valence-corrected chi connectivity index (χ2v) is 6.55. The molecule has 6 heteroatoms. The van der Waals surface area contributed by atoms with E-state index in [2.05, 4.69) is 5.32 Å². The molecule has 0 radical (unpaired) electrons. The summed E-state index contributed by atoms with van der Waals surface area (Å²) >= 11 is 2.87. The third-order valence-electron chi connectivity index (χ3n) is 3.11. The summed E-state index contributed by atoms with van der Waals surface area (Å²) in [6.45, 7) is 1.65. The number of benzene rings is 1. The van der Waals surface area contributed by atoms with Gasteiger partial charge in [0.15, 0.2) is 0 Å². The number of hydrogen-bond donors (Lipinski definition) is 2. The van der Waals surface area contributed by atoms with Gasteiger partial charge in [0.05, 0.1) is 6.54 Å². The Kier molecular flexibility index (Phi) is 5.03. The lowest BCUT2D eigenvalue weighted by atomic mass is 9.96. The first-order chi connectivity index (χ1) is 9.94. The third-order valence-corrected chi connectivity index (χ3v) is 4.94. The standard InChI is InChI=1S/C15H16FNO2S2/c1-15(19,10-3-5-11(16)6-4-10)9-17-14(18)13-12(20-2)7-8-21-13/h3-8,19H,9H2,1-2H3,(H,17,18). The highest BCUT2D eigenvalue weighted by molar-refractivity contribution is 7.98. The van der Waals surface area contributed by atoms with Crippen molar-refractivity contribution in [1.29, 1.82) is 0 Å². The van der Waals surface area contributed by atoms with Crippen LogP contribution in [0.3, 0.4) is 0 Å². The molecule has 0 bridgehead atoms. The van der Waals surface area contributed by atoms with Crippen molar-refractivity contribution in [1.82, 2.24) is 5.32 Å². The fourth-order valence-electron chi connectivity index (χ4n) is 1.87. The van der Waals surface area contributed by atoms with Gasteiger partial charge in [-0.25, -0.2) is 4.39 Å². The van der Waals surface area contributed by atoms with Gasteiger partial charge in [-0.1, -0.05) is 12.1 Å². The molecule has 2 rings (SSSR count). The molecule has 0 saturated carbocycles. The predicted octanol–water partition coefficient (Wildman–Crippen LogP) is 3.25. The number of carbonyl (C=O) groups excluding carboxylic acids is 1. The van der Waals surface area contributed by atoms with Crippen LogP contribution in [0.2, 0.25) is 0 Å². The van der Waals surface area contributed by atoms with Crippen molar-refractivity contribution in [3.05, 3.63) is 52.0 Å². The Balaban J connectivity index is 2.04. The summed E-state index contributed by atoms with van der Waals surface area (Å²) in [6.07, 6.45) is 1.91. The van der Waals surface area contributed by atoms with Gasteiger partial charge in [-0.05, 0) is 42.3 Å². The molecule has 0 aliphatic heterocycles. The summed E-state index contributed by atoms with van der Waals surface area (Å²) in [5.41, 5.74) is -0.694. The van der Waals surface area contributed by atoms with E-state index in [1.165, 1.54) is 47.4 Å². The normalized spacial score (nSPS) is 13.7. The zero-order valence-corrected chi connectivity index (χ0v) is 13.4. The first-order valence-corrected chi connectivity index (χ1v) is 8.42. The second kappa shape index (κ2) is 6.60. The maximum atomic E-state index is 12.9. The van der Waals surface area contributed by atoms with Crippen molar-refractivity contribution in [2.45, 2.75) is 17.4 Å². The molecule has 2 aromatic rings. The molecular weight excluding hydrogens is 309 g/mol. The number of rotatable bonds is 5. The molecule has 112 valence electrons. The lowest BCUT2D eigenvalue weighted by molar-refractivity contribution is 0.0526. The molecule has 0 spiro atoms. The van der Waals surface area contributed by atoms with Gasteiger partial charge in [0, 0.05) is 4.90 Å². The van der Waals surface area contributed by atoms with Crippen LogP contribution in [0.4, 0.5) is 4.39 Å². The maximum Gasteiger partial charge on any atom is 0.262 e. The molecular formula is C15H16FNO2S2. The minimum absolute atomic E-state index is 0.0587. The second-order valence-electron chi connectivity index (χ2n) is 4.78. The van der Waals surface area contributed by atoms with Gasteiger partial charge in [-0.3, -0.25) is 4.79 Å². The van der Waals surface area contributed by atoms with E-state index in [1.54, 1.807) is 6.92 Å². The highest BCUT2D eigenvalue weighted by Crippen LogP contribution is 2.26. The summed E-state index contributed by atoms with van der Waals surface area (Å²) in [4.78, 5) is 13.7. The number of aliphatic hydroxyl groups is 1. The molecule has 0 aliphatic rings. The van der Waals surface area contributed by atoms with Crippen LogP contribution in [-0.4, -0.2) is 23.8 Å². The Hall–Kier alpha value is -1.37. The fourth-order valence-corrected chi connectivity index (χ4v) is 3.53. The smallest absolute Gasteiger partial charge is 0.262 e. The van der Waals surface area contributed by atoms with E-state index >= 15 is 0 Å². The van der Waals surface area contributed by atoms with Crippen molar-refractivity contribution in [3.8, 4) is 0 Å². The summed E-state index contributed by atoms with van der Waals surface area (Å²) in [5, 5.41) is 15.0. The molecule has 1 aromatic heterocycles. The van der Waals surface area contributed by atoms with Gasteiger partial charge in [0.25, 0.3) is 5.91 Å². The van der Waals surface area contributed by atoms with Gasteiger partial charge >= 0.3 is 0 Å². The highest BCUT2D eigenvalue weighted by Gasteiger charge is 2.24. The van der Waals surface area contributed by atoms with E-state index in [0.29, 0.717) is 10.4 Å². The van der Waals surface area contributed by atoms with E-state index in [9.17, 15) is 14.3 Å². The molecule has 1 amide bonds. The summed E-state index contributed by atoms with van der Waals surface area (Å²) < 4.78 is 12.9. The van der Waals surface area contributed by atoms with Crippen LogP contribution >= 0.6 is 23.1 Å². The van der Waals surface area contributed by atoms with E-state index in [4.69, 9.17) is 0 Å². The SMILES string of the molecule is CSc1ccsc1C(=O)NCC(C)(O)c1ccc(F)cc1. The lowest BCUT2D eigenvalue weighted by Crippen LogP contribution is -2.38. The van der Waals surface area contributed by atoms with Gasteiger partial charge in [0.2, 0.25) is 0 Å².